The van der Waals surface area contributed by atoms with Crippen LogP contribution in [0.3, 0.4) is 0 Å². The molecule has 0 aromatic carbocycles. The number of nitrogens with zero attached hydrogens (tertiary/aromatic N) is 3. The highest BCUT2D eigenvalue weighted by Crippen LogP contribution is 2.18. The molecule has 0 spiro atoms. The highest BCUT2D eigenvalue weighted by atomic mass is 79.9. The predicted octanol–water partition coefficient (Wildman–Crippen LogP) is 2.29. The first kappa shape index (κ1) is 12.7. The summed E-state index contributed by atoms with van der Waals surface area (Å²) in [5.74, 6) is 0.550. The number of thioether (sulfide) groups is 1. The summed E-state index contributed by atoms with van der Waals surface area (Å²) in [5, 5.41) is 8.07. The lowest BCUT2D eigenvalue weighted by Crippen LogP contribution is -2.11. The largest absolute Gasteiger partial charge is 0.291 e. The molecule has 4 nitrogen and oxygen atoms in total. The molecule has 15 heavy (non-hydrogen) atoms. The van der Waals surface area contributed by atoms with Gasteiger partial charge in [0.15, 0.2) is 10.4 Å². The number of hydrogen-bond donors (Lipinski definition) is 0. The van der Waals surface area contributed by atoms with Crippen molar-refractivity contribution >= 4 is 33.5 Å². The number of halogens is 1. The van der Waals surface area contributed by atoms with Gasteiger partial charge in [-0.15, -0.1) is 5.10 Å². The third-order valence-electron chi connectivity index (χ3n) is 2.12. The highest BCUT2D eigenvalue weighted by molar-refractivity contribution is 9.10. The van der Waals surface area contributed by atoms with Crippen LogP contribution >= 0.6 is 27.7 Å². The molecule has 6 heteroatoms. The molecule has 0 aliphatic rings. The maximum absolute atomic E-state index is 11.8. The molecule has 0 N–H and O–H groups in total. The van der Waals surface area contributed by atoms with Crippen LogP contribution in [0.2, 0.25) is 0 Å². The molecule has 0 amide bonds. The van der Waals surface area contributed by atoms with E-state index < -0.39 is 0 Å². The molecular formula is C9H14BrN3OS. The third kappa shape index (κ3) is 3.31. The van der Waals surface area contributed by atoms with Crippen molar-refractivity contribution in [2.24, 2.45) is 7.05 Å². The zero-order chi connectivity index (χ0) is 11.4. The minimum atomic E-state index is 0.0691. The molecule has 0 aliphatic carbocycles. The van der Waals surface area contributed by atoms with E-state index in [4.69, 9.17) is 0 Å². The van der Waals surface area contributed by atoms with Crippen molar-refractivity contribution in [3.8, 4) is 0 Å². The van der Waals surface area contributed by atoms with Crippen molar-refractivity contribution in [2.45, 2.75) is 25.5 Å². The van der Waals surface area contributed by atoms with E-state index in [-0.39, 0.29) is 5.78 Å². The quantitative estimate of drug-likeness (QED) is 0.781. The smallest absolute Gasteiger partial charge is 0.193 e. The van der Waals surface area contributed by atoms with Gasteiger partial charge in [0.1, 0.15) is 5.69 Å². The standard InChI is InChI=1S/C9H14BrN3OS/c1-4-6(2)15-5-7(14)8-9(10)11-12-13(8)3/h6H,4-5H2,1-3H3. The average molecular weight is 292 g/mol. The first-order valence-corrected chi connectivity index (χ1v) is 6.60. The Morgan fingerprint density at radius 2 is 2.33 bits per heavy atom. The lowest BCUT2D eigenvalue weighted by Gasteiger charge is -2.06. The van der Waals surface area contributed by atoms with Crippen molar-refractivity contribution in [1.82, 2.24) is 15.0 Å². The zero-order valence-electron chi connectivity index (χ0n) is 9.03. The van der Waals surface area contributed by atoms with Crippen molar-refractivity contribution in [2.75, 3.05) is 5.75 Å². The van der Waals surface area contributed by atoms with Crippen LogP contribution in [0.4, 0.5) is 0 Å². The molecule has 0 saturated carbocycles. The fourth-order valence-corrected chi connectivity index (χ4v) is 2.39. The van der Waals surface area contributed by atoms with E-state index in [1.807, 2.05) is 0 Å². The SMILES string of the molecule is CCC(C)SCC(=O)c1c(Br)nnn1C. The van der Waals surface area contributed by atoms with Gasteiger partial charge in [0.2, 0.25) is 0 Å². The van der Waals surface area contributed by atoms with E-state index in [9.17, 15) is 4.79 Å². The van der Waals surface area contributed by atoms with E-state index in [2.05, 4.69) is 40.1 Å². The lowest BCUT2D eigenvalue weighted by molar-refractivity contribution is 0.101. The molecule has 0 radical (unpaired) electrons. The second-order valence-corrected chi connectivity index (χ2v) is 5.48. The van der Waals surface area contributed by atoms with Crippen molar-refractivity contribution in [3.63, 3.8) is 0 Å². The summed E-state index contributed by atoms with van der Waals surface area (Å²) in [5.41, 5.74) is 0.547. The maximum Gasteiger partial charge on any atom is 0.193 e. The van der Waals surface area contributed by atoms with Gasteiger partial charge in [0.25, 0.3) is 0 Å². The number of aryl methyl sites for hydroxylation is 1. The van der Waals surface area contributed by atoms with Gasteiger partial charge in [-0.3, -0.25) is 4.79 Å². The van der Waals surface area contributed by atoms with Crippen LogP contribution in [0.5, 0.6) is 0 Å². The summed E-state index contributed by atoms with van der Waals surface area (Å²) in [6, 6.07) is 0. The van der Waals surface area contributed by atoms with E-state index in [1.54, 1.807) is 18.8 Å². The van der Waals surface area contributed by atoms with Crippen LogP contribution in [0.15, 0.2) is 4.60 Å². The Hall–Kier alpha value is -0.360. The summed E-state index contributed by atoms with van der Waals surface area (Å²) in [6.07, 6.45) is 1.07. The van der Waals surface area contributed by atoms with Crippen LogP contribution in [0, 0.1) is 0 Å². The Bertz CT molecular complexity index is 334. The van der Waals surface area contributed by atoms with Gasteiger partial charge in [-0.2, -0.15) is 11.8 Å². The monoisotopic (exact) mass is 291 g/mol. The van der Waals surface area contributed by atoms with Crippen LogP contribution in [0.25, 0.3) is 0 Å². The number of ketones is 1. The summed E-state index contributed by atoms with van der Waals surface area (Å²) in [4.78, 5) is 11.8. The number of Topliss-reactive ketones (excluding diaryl/α,β-unsaturated/α-hetero) is 1. The van der Waals surface area contributed by atoms with Gasteiger partial charge in [-0.1, -0.05) is 19.1 Å². The minimum Gasteiger partial charge on any atom is -0.291 e. The maximum atomic E-state index is 11.8. The van der Waals surface area contributed by atoms with Gasteiger partial charge in [0.05, 0.1) is 5.75 Å². The van der Waals surface area contributed by atoms with Crippen LogP contribution in [-0.4, -0.2) is 31.8 Å². The van der Waals surface area contributed by atoms with Crippen LogP contribution in [-0.2, 0) is 7.05 Å². The molecular weight excluding hydrogens is 278 g/mol. The molecule has 1 rings (SSSR count). The van der Waals surface area contributed by atoms with E-state index in [0.717, 1.165) is 6.42 Å². The Morgan fingerprint density at radius 1 is 1.67 bits per heavy atom. The molecule has 84 valence electrons. The Balaban J connectivity index is 2.62. The first-order valence-electron chi connectivity index (χ1n) is 4.76. The second-order valence-electron chi connectivity index (χ2n) is 3.31. The summed E-state index contributed by atoms with van der Waals surface area (Å²) in [7, 11) is 1.72. The summed E-state index contributed by atoms with van der Waals surface area (Å²) in [6.45, 7) is 4.23. The molecule has 1 unspecified atom stereocenters. The minimum absolute atomic E-state index is 0.0691. The molecule has 0 saturated heterocycles. The molecule has 1 aromatic rings. The number of rotatable bonds is 5. The molecule has 0 fully saturated rings. The Morgan fingerprint density at radius 3 is 2.80 bits per heavy atom. The van der Waals surface area contributed by atoms with Gasteiger partial charge in [-0.25, -0.2) is 4.68 Å². The lowest BCUT2D eigenvalue weighted by atomic mass is 10.3. The van der Waals surface area contributed by atoms with Crippen molar-refractivity contribution in [3.05, 3.63) is 10.3 Å². The van der Waals surface area contributed by atoms with Crippen molar-refractivity contribution < 1.29 is 4.79 Å². The van der Waals surface area contributed by atoms with E-state index in [1.165, 1.54) is 4.68 Å². The van der Waals surface area contributed by atoms with Gasteiger partial charge < -0.3 is 0 Å². The van der Waals surface area contributed by atoms with Crippen LogP contribution in [0.1, 0.15) is 30.8 Å². The number of aromatic nitrogens is 3. The number of carbonyl (C=O) groups excluding carboxylic acids is 1. The first-order chi connectivity index (χ1) is 7.06. The van der Waals surface area contributed by atoms with Gasteiger partial charge >= 0.3 is 0 Å². The normalized spacial score (nSPS) is 12.8. The molecule has 1 atom stereocenters. The molecule has 1 heterocycles. The summed E-state index contributed by atoms with van der Waals surface area (Å²) < 4.78 is 2.03. The summed E-state index contributed by atoms with van der Waals surface area (Å²) >= 11 is 4.88. The van der Waals surface area contributed by atoms with Gasteiger partial charge in [-0.05, 0) is 22.4 Å². The number of hydrogen-bond acceptors (Lipinski definition) is 4. The Kier molecular flexibility index (Phi) is 4.79. The third-order valence-corrected chi connectivity index (χ3v) is 3.99. The number of carbonyl (C=O) groups is 1. The average Bonchev–Trinajstić information content (AvgIpc) is 2.54. The fourth-order valence-electron chi connectivity index (χ4n) is 1.03. The predicted molar refractivity (Wildman–Crippen MR) is 65.2 cm³/mol. The molecule has 0 aliphatic heterocycles. The van der Waals surface area contributed by atoms with Gasteiger partial charge in [0, 0.05) is 12.3 Å². The molecule has 1 aromatic heterocycles. The highest BCUT2D eigenvalue weighted by Gasteiger charge is 2.17. The second kappa shape index (κ2) is 5.65. The van der Waals surface area contributed by atoms with E-state index >= 15 is 0 Å². The topological polar surface area (TPSA) is 47.8 Å². The van der Waals surface area contributed by atoms with E-state index in [0.29, 0.717) is 21.3 Å². The molecule has 0 bridgehead atoms. The van der Waals surface area contributed by atoms with Crippen molar-refractivity contribution in [1.29, 1.82) is 0 Å². The Labute approximate surface area is 102 Å². The zero-order valence-corrected chi connectivity index (χ0v) is 11.4. The van der Waals surface area contributed by atoms with Crippen LogP contribution < -0.4 is 0 Å². The fraction of sp³-hybridized carbons (Fsp3) is 0.667.